The molecule has 0 atom stereocenters. The van der Waals surface area contributed by atoms with Gasteiger partial charge in [-0.15, -0.1) is 0 Å². The summed E-state index contributed by atoms with van der Waals surface area (Å²) >= 11 is 0. The molecule has 1 aromatic carbocycles. The zero-order chi connectivity index (χ0) is 15.6. The van der Waals surface area contributed by atoms with Crippen LogP contribution in [0.4, 0.5) is 5.69 Å². The van der Waals surface area contributed by atoms with Crippen molar-refractivity contribution in [2.45, 2.75) is 13.8 Å². The standard InChI is InChI=1S/C15H14N2O4/c1-8-3-6-12(11(7-8)15(20)21)17-14(19)10-5-4-9(2)16-13(10)18/h3-7H,1-2H3,(H,16,18)(H,17,19)(H,20,21). The summed E-state index contributed by atoms with van der Waals surface area (Å²) in [5.41, 5.74) is 0.940. The normalized spacial score (nSPS) is 10.2. The smallest absolute Gasteiger partial charge is 0.337 e. The Kier molecular flexibility index (Phi) is 3.89. The van der Waals surface area contributed by atoms with Crippen molar-refractivity contribution in [1.29, 1.82) is 0 Å². The number of pyridine rings is 1. The zero-order valence-electron chi connectivity index (χ0n) is 11.6. The third-order valence-electron chi connectivity index (χ3n) is 2.95. The summed E-state index contributed by atoms with van der Waals surface area (Å²) in [4.78, 5) is 37.5. The lowest BCUT2D eigenvalue weighted by Gasteiger charge is -2.09. The number of carbonyl (C=O) groups is 2. The van der Waals surface area contributed by atoms with Gasteiger partial charge < -0.3 is 15.4 Å². The van der Waals surface area contributed by atoms with Crippen LogP contribution in [-0.4, -0.2) is 22.0 Å². The van der Waals surface area contributed by atoms with E-state index >= 15 is 0 Å². The van der Waals surface area contributed by atoms with Gasteiger partial charge in [-0.3, -0.25) is 9.59 Å². The molecule has 2 rings (SSSR count). The molecule has 0 aliphatic rings. The van der Waals surface area contributed by atoms with Crippen molar-refractivity contribution in [2.75, 3.05) is 5.32 Å². The Morgan fingerprint density at radius 1 is 1.10 bits per heavy atom. The molecule has 1 heterocycles. The molecule has 108 valence electrons. The van der Waals surface area contributed by atoms with Crippen LogP contribution in [0.2, 0.25) is 0 Å². The van der Waals surface area contributed by atoms with E-state index in [9.17, 15) is 14.4 Å². The summed E-state index contributed by atoms with van der Waals surface area (Å²) in [5.74, 6) is -1.80. The maximum Gasteiger partial charge on any atom is 0.337 e. The first-order valence-electron chi connectivity index (χ1n) is 6.23. The number of H-pyrrole nitrogens is 1. The van der Waals surface area contributed by atoms with E-state index in [0.717, 1.165) is 5.56 Å². The molecule has 6 heteroatoms. The van der Waals surface area contributed by atoms with Crippen molar-refractivity contribution in [1.82, 2.24) is 4.98 Å². The molecule has 0 saturated carbocycles. The first-order valence-corrected chi connectivity index (χ1v) is 6.23. The number of nitrogens with one attached hydrogen (secondary N) is 2. The second-order valence-electron chi connectivity index (χ2n) is 4.69. The van der Waals surface area contributed by atoms with Crippen molar-refractivity contribution in [3.8, 4) is 0 Å². The van der Waals surface area contributed by atoms with E-state index in [2.05, 4.69) is 10.3 Å². The van der Waals surface area contributed by atoms with E-state index in [1.165, 1.54) is 18.2 Å². The minimum Gasteiger partial charge on any atom is -0.478 e. The summed E-state index contributed by atoms with van der Waals surface area (Å²) in [6.45, 7) is 3.45. The number of aromatic nitrogens is 1. The minimum absolute atomic E-state index is 0.0214. The van der Waals surface area contributed by atoms with E-state index in [1.54, 1.807) is 26.0 Å². The van der Waals surface area contributed by atoms with E-state index in [4.69, 9.17) is 5.11 Å². The Labute approximate surface area is 120 Å². The first-order chi connectivity index (χ1) is 9.88. The minimum atomic E-state index is -1.15. The zero-order valence-corrected chi connectivity index (χ0v) is 11.6. The highest BCUT2D eigenvalue weighted by molar-refractivity contribution is 6.07. The van der Waals surface area contributed by atoms with Gasteiger partial charge in [0, 0.05) is 5.69 Å². The van der Waals surface area contributed by atoms with Crippen LogP contribution in [0.25, 0.3) is 0 Å². The molecule has 0 bridgehead atoms. The van der Waals surface area contributed by atoms with Gasteiger partial charge in [0.15, 0.2) is 0 Å². The predicted molar refractivity (Wildman–Crippen MR) is 77.9 cm³/mol. The Balaban J connectivity index is 2.36. The van der Waals surface area contributed by atoms with Gasteiger partial charge in [-0.25, -0.2) is 4.79 Å². The van der Waals surface area contributed by atoms with Crippen molar-refractivity contribution >= 4 is 17.6 Å². The molecule has 21 heavy (non-hydrogen) atoms. The number of aryl methyl sites for hydroxylation is 2. The molecular weight excluding hydrogens is 272 g/mol. The summed E-state index contributed by atoms with van der Waals surface area (Å²) in [6, 6.07) is 7.64. The molecule has 0 saturated heterocycles. The van der Waals surface area contributed by atoms with E-state index in [0.29, 0.717) is 5.69 Å². The number of anilines is 1. The van der Waals surface area contributed by atoms with Crippen LogP contribution in [-0.2, 0) is 0 Å². The van der Waals surface area contributed by atoms with Crippen molar-refractivity contribution in [2.24, 2.45) is 0 Å². The second-order valence-corrected chi connectivity index (χ2v) is 4.69. The lowest BCUT2D eigenvalue weighted by Crippen LogP contribution is -2.24. The fourth-order valence-electron chi connectivity index (χ4n) is 1.88. The van der Waals surface area contributed by atoms with Crippen molar-refractivity contribution in [3.05, 3.63) is 63.1 Å². The number of benzene rings is 1. The lowest BCUT2D eigenvalue weighted by molar-refractivity contribution is 0.0698. The fourth-order valence-corrected chi connectivity index (χ4v) is 1.88. The van der Waals surface area contributed by atoms with Gasteiger partial charge >= 0.3 is 5.97 Å². The largest absolute Gasteiger partial charge is 0.478 e. The predicted octanol–water partition coefficient (Wildman–Crippen LogP) is 1.94. The van der Waals surface area contributed by atoms with Crippen LogP contribution in [0.5, 0.6) is 0 Å². The number of hydrogen-bond acceptors (Lipinski definition) is 3. The van der Waals surface area contributed by atoms with Crippen molar-refractivity contribution in [3.63, 3.8) is 0 Å². The van der Waals surface area contributed by atoms with E-state index in [1.807, 2.05) is 0 Å². The average Bonchev–Trinajstić information content (AvgIpc) is 2.40. The van der Waals surface area contributed by atoms with Crippen LogP contribution in [0.1, 0.15) is 32.0 Å². The summed E-state index contributed by atoms with van der Waals surface area (Å²) in [6.07, 6.45) is 0. The van der Waals surface area contributed by atoms with Gasteiger partial charge in [0.2, 0.25) is 0 Å². The van der Waals surface area contributed by atoms with Crippen LogP contribution < -0.4 is 10.9 Å². The Morgan fingerprint density at radius 3 is 2.43 bits per heavy atom. The Bertz CT molecular complexity index is 777. The van der Waals surface area contributed by atoms with Gasteiger partial charge in [0.05, 0.1) is 11.3 Å². The highest BCUT2D eigenvalue weighted by Gasteiger charge is 2.15. The molecule has 2 aromatic rings. The number of carboxylic acid groups (broad SMARTS) is 1. The first kappa shape index (κ1) is 14.5. The molecule has 1 aromatic heterocycles. The number of rotatable bonds is 3. The van der Waals surface area contributed by atoms with E-state index < -0.39 is 17.4 Å². The van der Waals surface area contributed by atoms with E-state index in [-0.39, 0.29) is 16.8 Å². The lowest BCUT2D eigenvalue weighted by atomic mass is 10.1. The van der Waals surface area contributed by atoms with Crippen LogP contribution in [0.15, 0.2) is 35.1 Å². The van der Waals surface area contributed by atoms with Crippen LogP contribution in [0, 0.1) is 13.8 Å². The maximum absolute atomic E-state index is 12.1. The van der Waals surface area contributed by atoms with Gasteiger partial charge in [0.1, 0.15) is 5.56 Å². The number of amides is 1. The quantitative estimate of drug-likeness (QED) is 0.802. The highest BCUT2D eigenvalue weighted by Crippen LogP contribution is 2.18. The molecule has 0 fully saturated rings. The van der Waals surface area contributed by atoms with Gasteiger partial charge in [-0.05, 0) is 38.1 Å². The molecule has 0 spiro atoms. The number of carboxylic acids is 1. The topological polar surface area (TPSA) is 99.3 Å². The number of hydrogen-bond donors (Lipinski definition) is 3. The van der Waals surface area contributed by atoms with Crippen molar-refractivity contribution < 1.29 is 14.7 Å². The maximum atomic E-state index is 12.1. The summed E-state index contributed by atoms with van der Waals surface area (Å²) in [7, 11) is 0. The fraction of sp³-hybridized carbons (Fsp3) is 0.133. The highest BCUT2D eigenvalue weighted by atomic mass is 16.4. The molecule has 0 radical (unpaired) electrons. The molecule has 6 nitrogen and oxygen atoms in total. The summed E-state index contributed by atoms with van der Waals surface area (Å²) in [5, 5.41) is 11.6. The number of carbonyl (C=O) groups excluding carboxylic acids is 1. The van der Waals surface area contributed by atoms with Gasteiger partial charge in [-0.1, -0.05) is 11.6 Å². The average molecular weight is 286 g/mol. The van der Waals surface area contributed by atoms with Gasteiger partial charge in [-0.2, -0.15) is 0 Å². The number of aromatic carboxylic acids is 1. The third kappa shape index (κ3) is 3.17. The van der Waals surface area contributed by atoms with Crippen LogP contribution in [0.3, 0.4) is 0 Å². The Hall–Kier alpha value is -2.89. The molecule has 1 amide bonds. The summed E-state index contributed by atoms with van der Waals surface area (Å²) < 4.78 is 0. The molecule has 0 unspecified atom stereocenters. The molecular formula is C15H14N2O4. The number of aromatic amines is 1. The second kappa shape index (κ2) is 5.62. The van der Waals surface area contributed by atoms with Gasteiger partial charge in [0.25, 0.3) is 11.5 Å². The molecule has 0 aliphatic carbocycles. The molecule has 3 N–H and O–H groups in total. The SMILES string of the molecule is Cc1ccc(NC(=O)c2ccc(C)[nH]c2=O)c(C(=O)O)c1. The monoisotopic (exact) mass is 286 g/mol. The molecule has 0 aliphatic heterocycles. The van der Waals surface area contributed by atoms with Crippen LogP contribution >= 0.6 is 0 Å². The third-order valence-corrected chi connectivity index (χ3v) is 2.95. The Morgan fingerprint density at radius 2 is 1.81 bits per heavy atom.